The van der Waals surface area contributed by atoms with Crippen LogP contribution in [0.15, 0.2) is 35.1 Å². The first-order chi connectivity index (χ1) is 13.5. The van der Waals surface area contributed by atoms with Gasteiger partial charge in [-0.1, -0.05) is 5.16 Å². The van der Waals surface area contributed by atoms with Crippen molar-refractivity contribution in [1.82, 2.24) is 9.72 Å². The van der Waals surface area contributed by atoms with Crippen LogP contribution in [0, 0.1) is 6.92 Å². The van der Waals surface area contributed by atoms with Crippen molar-refractivity contribution in [3.63, 3.8) is 0 Å². The van der Waals surface area contributed by atoms with Gasteiger partial charge in [-0.3, -0.25) is 4.79 Å². The number of hydrogen-bond donors (Lipinski definition) is 1. The highest BCUT2D eigenvalue weighted by molar-refractivity contribution is 7.15. The normalized spacial score (nSPS) is 14.4. The lowest BCUT2D eigenvalue weighted by molar-refractivity contribution is -0.123. The van der Waals surface area contributed by atoms with Gasteiger partial charge in [-0.25, -0.2) is 4.79 Å². The average molecular weight is 399 g/mol. The zero-order valence-electron chi connectivity index (χ0n) is 15.7. The van der Waals surface area contributed by atoms with Crippen LogP contribution in [0.1, 0.15) is 46.3 Å². The van der Waals surface area contributed by atoms with E-state index in [0.29, 0.717) is 17.1 Å². The molecule has 0 aromatic carbocycles. The van der Waals surface area contributed by atoms with Gasteiger partial charge >= 0.3 is 5.97 Å². The second-order valence-electron chi connectivity index (χ2n) is 6.84. The maximum absolute atomic E-state index is 13.0. The second kappa shape index (κ2) is 7.63. The lowest BCUT2D eigenvalue weighted by Crippen LogP contribution is -2.30. The van der Waals surface area contributed by atoms with E-state index in [1.165, 1.54) is 4.88 Å². The SMILES string of the molecule is Cc1cc(NC(=O)[C@@H](C)OC(=O)c2c(-n3cccc3)sc3c2CCCC3)no1. The molecule has 8 heteroatoms. The number of ether oxygens (including phenoxy) is 1. The molecule has 3 heterocycles. The standard InChI is InChI=1S/C20H21N3O4S/c1-12-11-16(22-27-12)21-18(24)13(2)26-20(25)17-14-7-3-4-8-15(14)28-19(17)23-9-5-6-10-23/h5-6,9-11,13H,3-4,7-8H2,1-2H3,(H,21,22,24)/t13-/m1/s1. The Morgan fingerprint density at radius 3 is 2.75 bits per heavy atom. The van der Waals surface area contributed by atoms with Gasteiger partial charge in [-0.05, 0) is 57.2 Å². The number of fused-ring (bicyclic) bond motifs is 1. The van der Waals surface area contributed by atoms with Gasteiger partial charge in [0.2, 0.25) is 0 Å². The van der Waals surface area contributed by atoms with Crippen LogP contribution in [-0.4, -0.2) is 27.7 Å². The molecule has 7 nitrogen and oxygen atoms in total. The van der Waals surface area contributed by atoms with Gasteiger partial charge in [0.15, 0.2) is 11.9 Å². The van der Waals surface area contributed by atoms with Crippen LogP contribution in [-0.2, 0) is 22.4 Å². The molecular weight excluding hydrogens is 378 g/mol. The smallest absolute Gasteiger partial charge is 0.342 e. The number of carbonyl (C=O) groups is 2. The van der Waals surface area contributed by atoms with Crippen molar-refractivity contribution in [3.8, 4) is 5.00 Å². The van der Waals surface area contributed by atoms with Gasteiger partial charge in [0.1, 0.15) is 10.8 Å². The molecular formula is C20H21N3O4S. The van der Waals surface area contributed by atoms with E-state index in [9.17, 15) is 9.59 Å². The number of rotatable bonds is 5. The summed E-state index contributed by atoms with van der Waals surface area (Å²) < 4.78 is 12.4. The lowest BCUT2D eigenvalue weighted by atomic mass is 9.95. The Bertz CT molecular complexity index is 1000. The predicted octanol–water partition coefficient (Wildman–Crippen LogP) is 3.90. The summed E-state index contributed by atoms with van der Waals surface area (Å²) in [5, 5.41) is 7.17. The van der Waals surface area contributed by atoms with E-state index < -0.39 is 18.0 Å². The molecule has 1 aliphatic rings. The summed E-state index contributed by atoms with van der Waals surface area (Å²) in [7, 11) is 0. The van der Waals surface area contributed by atoms with E-state index in [1.807, 2.05) is 29.1 Å². The fraction of sp³-hybridized carbons (Fsp3) is 0.350. The molecule has 1 amide bonds. The van der Waals surface area contributed by atoms with E-state index in [0.717, 1.165) is 36.2 Å². The Morgan fingerprint density at radius 2 is 2.04 bits per heavy atom. The highest BCUT2D eigenvalue weighted by Gasteiger charge is 2.29. The summed E-state index contributed by atoms with van der Waals surface area (Å²) in [5.74, 6) is -0.0390. The van der Waals surface area contributed by atoms with Crippen molar-refractivity contribution >= 4 is 29.0 Å². The number of thiophene rings is 1. The minimum atomic E-state index is -0.957. The van der Waals surface area contributed by atoms with E-state index in [4.69, 9.17) is 9.26 Å². The molecule has 0 aliphatic heterocycles. The maximum Gasteiger partial charge on any atom is 0.342 e. The zero-order valence-corrected chi connectivity index (χ0v) is 16.5. The highest BCUT2D eigenvalue weighted by atomic mass is 32.1. The third-order valence-electron chi connectivity index (χ3n) is 4.73. The molecule has 0 radical (unpaired) electrons. The molecule has 0 saturated carbocycles. The summed E-state index contributed by atoms with van der Waals surface area (Å²) in [6.07, 6.45) is 6.88. The number of nitrogens with one attached hydrogen (secondary N) is 1. The number of anilines is 1. The first-order valence-corrected chi connectivity index (χ1v) is 10.1. The van der Waals surface area contributed by atoms with Crippen molar-refractivity contribution in [2.75, 3.05) is 5.32 Å². The second-order valence-corrected chi connectivity index (χ2v) is 7.92. The maximum atomic E-state index is 13.0. The summed E-state index contributed by atoms with van der Waals surface area (Å²) in [4.78, 5) is 26.6. The lowest BCUT2D eigenvalue weighted by Gasteiger charge is -2.15. The molecule has 1 aliphatic carbocycles. The summed E-state index contributed by atoms with van der Waals surface area (Å²) in [6.45, 7) is 3.28. The van der Waals surface area contributed by atoms with Crippen LogP contribution in [0.3, 0.4) is 0 Å². The Kier molecular flexibility index (Phi) is 5.04. The largest absolute Gasteiger partial charge is 0.449 e. The number of hydrogen-bond acceptors (Lipinski definition) is 6. The van der Waals surface area contributed by atoms with Crippen LogP contribution in [0.2, 0.25) is 0 Å². The number of carbonyl (C=O) groups excluding carboxylic acids is 2. The van der Waals surface area contributed by atoms with Crippen LogP contribution in [0.4, 0.5) is 5.82 Å². The average Bonchev–Trinajstić information content (AvgIpc) is 3.40. The number of aromatic nitrogens is 2. The Labute approximate surface area is 166 Å². The van der Waals surface area contributed by atoms with E-state index in [2.05, 4.69) is 10.5 Å². The Morgan fingerprint density at radius 1 is 1.29 bits per heavy atom. The van der Waals surface area contributed by atoms with Gasteiger partial charge in [-0.15, -0.1) is 11.3 Å². The molecule has 0 spiro atoms. The zero-order chi connectivity index (χ0) is 19.7. The van der Waals surface area contributed by atoms with Crippen LogP contribution in [0.5, 0.6) is 0 Å². The fourth-order valence-electron chi connectivity index (χ4n) is 3.34. The quantitative estimate of drug-likeness (QED) is 0.658. The van der Waals surface area contributed by atoms with Crippen molar-refractivity contribution in [3.05, 3.63) is 52.4 Å². The number of nitrogens with zero attached hydrogens (tertiary/aromatic N) is 2. The first kappa shape index (κ1) is 18.5. The van der Waals surface area contributed by atoms with Crippen molar-refractivity contribution in [1.29, 1.82) is 0 Å². The Hall–Kier alpha value is -2.87. The third-order valence-corrected chi connectivity index (χ3v) is 6.03. The van der Waals surface area contributed by atoms with Gasteiger partial charge in [0, 0.05) is 23.3 Å². The topological polar surface area (TPSA) is 86.4 Å². The molecule has 4 rings (SSSR count). The van der Waals surface area contributed by atoms with Gasteiger partial charge in [0.05, 0.1) is 5.56 Å². The predicted molar refractivity (Wildman–Crippen MR) is 105 cm³/mol. The van der Waals surface area contributed by atoms with Crippen molar-refractivity contribution in [2.45, 2.75) is 45.6 Å². The third kappa shape index (κ3) is 3.60. The monoisotopic (exact) mass is 399 g/mol. The van der Waals surface area contributed by atoms with E-state index >= 15 is 0 Å². The molecule has 0 bridgehead atoms. The number of amides is 1. The van der Waals surface area contributed by atoms with Gasteiger partial charge < -0.3 is 19.1 Å². The van der Waals surface area contributed by atoms with E-state index in [1.54, 1.807) is 31.3 Å². The molecule has 28 heavy (non-hydrogen) atoms. The summed E-state index contributed by atoms with van der Waals surface area (Å²) >= 11 is 1.63. The van der Waals surface area contributed by atoms with Gasteiger partial charge in [0.25, 0.3) is 5.91 Å². The molecule has 3 aromatic rings. The minimum absolute atomic E-state index is 0.298. The molecule has 0 fully saturated rings. The van der Waals surface area contributed by atoms with Crippen LogP contribution < -0.4 is 5.32 Å². The molecule has 1 atom stereocenters. The van der Waals surface area contributed by atoms with Crippen molar-refractivity contribution < 1.29 is 18.8 Å². The fourth-order valence-corrected chi connectivity index (χ4v) is 4.68. The van der Waals surface area contributed by atoms with Gasteiger partial charge in [-0.2, -0.15) is 0 Å². The molecule has 3 aromatic heterocycles. The van der Waals surface area contributed by atoms with Crippen LogP contribution in [0.25, 0.3) is 5.00 Å². The first-order valence-electron chi connectivity index (χ1n) is 9.26. The Balaban J connectivity index is 1.55. The number of esters is 1. The summed E-state index contributed by atoms with van der Waals surface area (Å²) in [5.41, 5.74) is 1.64. The molecule has 0 unspecified atom stereocenters. The van der Waals surface area contributed by atoms with Crippen LogP contribution >= 0.6 is 11.3 Å². The molecule has 146 valence electrons. The summed E-state index contributed by atoms with van der Waals surface area (Å²) in [6, 6.07) is 5.44. The molecule has 1 N–H and O–H groups in total. The minimum Gasteiger partial charge on any atom is -0.449 e. The van der Waals surface area contributed by atoms with E-state index in [-0.39, 0.29) is 0 Å². The highest BCUT2D eigenvalue weighted by Crippen LogP contribution is 2.37. The van der Waals surface area contributed by atoms with Crippen molar-refractivity contribution in [2.24, 2.45) is 0 Å². The molecule has 0 saturated heterocycles. The number of aryl methyl sites for hydroxylation is 2.